The third kappa shape index (κ3) is 3.95. The summed E-state index contributed by atoms with van der Waals surface area (Å²) < 4.78 is 0. The van der Waals surface area contributed by atoms with E-state index in [-0.39, 0.29) is 5.91 Å². The first kappa shape index (κ1) is 12.6. The van der Waals surface area contributed by atoms with E-state index in [1.54, 1.807) is 6.07 Å². The molecule has 0 saturated heterocycles. The molecule has 1 aromatic carbocycles. The van der Waals surface area contributed by atoms with Crippen molar-refractivity contribution in [2.75, 3.05) is 12.3 Å². The molecule has 1 amide bonds. The van der Waals surface area contributed by atoms with Gasteiger partial charge in [-0.2, -0.15) is 5.26 Å². The van der Waals surface area contributed by atoms with Crippen LogP contribution in [0.15, 0.2) is 29.2 Å². The quantitative estimate of drug-likeness (QED) is 0.794. The van der Waals surface area contributed by atoms with Gasteiger partial charge >= 0.3 is 0 Å². The second-order valence-corrected chi connectivity index (χ2v) is 4.26. The van der Waals surface area contributed by atoms with Gasteiger partial charge in [0, 0.05) is 11.4 Å². The summed E-state index contributed by atoms with van der Waals surface area (Å²) >= 11 is 1.40. The number of carbonyl (C=O) groups is 1. The lowest BCUT2D eigenvalue weighted by Crippen LogP contribution is -2.25. The minimum absolute atomic E-state index is 0.0135. The minimum Gasteiger partial charge on any atom is -0.355 e. The Morgan fingerprint density at radius 2 is 2.25 bits per heavy atom. The number of hydrogen-bond donors (Lipinski definition) is 1. The van der Waals surface area contributed by atoms with Crippen molar-refractivity contribution in [1.29, 1.82) is 5.26 Å². The molecule has 0 saturated carbocycles. The summed E-state index contributed by atoms with van der Waals surface area (Å²) in [5.74, 6) is 0.373. The van der Waals surface area contributed by atoms with Crippen molar-refractivity contribution in [3.63, 3.8) is 0 Å². The molecule has 1 aromatic rings. The second-order valence-electron chi connectivity index (χ2n) is 3.25. The summed E-state index contributed by atoms with van der Waals surface area (Å²) in [5, 5.41) is 11.7. The standard InChI is InChI=1S/C12H14N2OS/c1-2-7-14-12(15)9-16-11-6-4-3-5-10(11)8-13/h3-6H,2,7,9H2,1H3,(H,14,15). The monoisotopic (exact) mass is 234 g/mol. The molecule has 0 aliphatic heterocycles. The minimum atomic E-state index is 0.0135. The van der Waals surface area contributed by atoms with Gasteiger partial charge in [0.05, 0.1) is 11.3 Å². The Hall–Kier alpha value is -1.47. The Bertz CT molecular complexity index is 398. The number of benzene rings is 1. The third-order valence-electron chi connectivity index (χ3n) is 1.94. The van der Waals surface area contributed by atoms with Crippen LogP contribution in [-0.2, 0) is 4.79 Å². The smallest absolute Gasteiger partial charge is 0.230 e. The fourth-order valence-corrected chi connectivity index (χ4v) is 1.98. The zero-order valence-electron chi connectivity index (χ0n) is 9.19. The van der Waals surface area contributed by atoms with Gasteiger partial charge in [-0.25, -0.2) is 0 Å². The lowest BCUT2D eigenvalue weighted by molar-refractivity contribution is -0.118. The summed E-state index contributed by atoms with van der Waals surface area (Å²) in [6.45, 7) is 2.72. The maximum Gasteiger partial charge on any atom is 0.230 e. The maximum atomic E-state index is 11.4. The largest absolute Gasteiger partial charge is 0.355 e. The van der Waals surface area contributed by atoms with Gasteiger partial charge in [0.2, 0.25) is 5.91 Å². The van der Waals surface area contributed by atoms with Crippen LogP contribution in [-0.4, -0.2) is 18.2 Å². The molecule has 0 fully saturated rings. The molecule has 1 rings (SSSR count). The lowest BCUT2D eigenvalue weighted by Gasteiger charge is -2.04. The van der Waals surface area contributed by atoms with Gasteiger partial charge in [0.25, 0.3) is 0 Å². The van der Waals surface area contributed by atoms with Gasteiger partial charge in [0.15, 0.2) is 0 Å². The summed E-state index contributed by atoms with van der Waals surface area (Å²) in [6, 6.07) is 9.41. The van der Waals surface area contributed by atoms with Crippen molar-refractivity contribution in [2.24, 2.45) is 0 Å². The summed E-state index contributed by atoms with van der Waals surface area (Å²) in [4.78, 5) is 12.2. The van der Waals surface area contributed by atoms with E-state index >= 15 is 0 Å². The molecule has 0 bridgehead atoms. The highest BCUT2D eigenvalue weighted by molar-refractivity contribution is 8.00. The molecular formula is C12H14N2OS. The van der Waals surface area contributed by atoms with E-state index in [4.69, 9.17) is 5.26 Å². The SMILES string of the molecule is CCCNC(=O)CSc1ccccc1C#N. The summed E-state index contributed by atoms with van der Waals surface area (Å²) in [5.41, 5.74) is 0.621. The van der Waals surface area contributed by atoms with Crippen molar-refractivity contribution in [2.45, 2.75) is 18.2 Å². The molecule has 84 valence electrons. The van der Waals surface area contributed by atoms with E-state index in [0.29, 0.717) is 17.9 Å². The zero-order valence-corrected chi connectivity index (χ0v) is 10.0. The first-order valence-electron chi connectivity index (χ1n) is 5.16. The highest BCUT2D eigenvalue weighted by Crippen LogP contribution is 2.21. The summed E-state index contributed by atoms with van der Waals surface area (Å²) in [7, 11) is 0. The van der Waals surface area contributed by atoms with Crippen molar-refractivity contribution in [3.8, 4) is 6.07 Å². The van der Waals surface area contributed by atoms with Gasteiger partial charge in [-0.1, -0.05) is 19.1 Å². The molecule has 0 unspecified atom stereocenters. The van der Waals surface area contributed by atoms with Gasteiger partial charge in [-0.3, -0.25) is 4.79 Å². The molecule has 0 spiro atoms. The van der Waals surface area contributed by atoms with Crippen LogP contribution in [0.1, 0.15) is 18.9 Å². The van der Waals surface area contributed by atoms with Crippen LogP contribution in [0.3, 0.4) is 0 Å². The number of nitriles is 1. The normalized spacial score (nSPS) is 9.50. The number of carbonyl (C=O) groups excluding carboxylic acids is 1. The Morgan fingerprint density at radius 3 is 2.94 bits per heavy atom. The van der Waals surface area contributed by atoms with E-state index in [1.807, 2.05) is 25.1 Å². The molecule has 0 aliphatic carbocycles. The number of hydrogen-bond acceptors (Lipinski definition) is 3. The Kier molecular flexibility index (Phi) is 5.44. The van der Waals surface area contributed by atoms with Gasteiger partial charge in [0.1, 0.15) is 6.07 Å². The predicted octanol–water partition coefficient (Wildman–Crippen LogP) is 2.18. The predicted molar refractivity (Wildman–Crippen MR) is 65.2 cm³/mol. The second kappa shape index (κ2) is 6.91. The Labute approximate surface area is 99.8 Å². The molecule has 0 atom stereocenters. The molecule has 0 radical (unpaired) electrons. The molecule has 16 heavy (non-hydrogen) atoms. The average Bonchev–Trinajstić information content (AvgIpc) is 2.34. The Balaban J connectivity index is 2.48. The molecule has 4 heteroatoms. The van der Waals surface area contributed by atoms with Crippen LogP contribution in [0.2, 0.25) is 0 Å². The van der Waals surface area contributed by atoms with Gasteiger partial charge in [-0.15, -0.1) is 11.8 Å². The number of rotatable bonds is 5. The van der Waals surface area contributed by atoms with E-state index < -0.39 is 0 Å². The fourth-order valence-electron chi connectivity index (χ4n) is 1.14. The van der Waals surface area contributed by atoms with E-state index in [2.05, 4.69) is 11.4 Å². The lowest BCUT2D eigenvalue weighted by atomic mass is 10.2. The van der Waals surface area contributed by atoms with Gasteiger partial charge < -0.3 is 5.32 Å². The first-order chi connectivity index (χ1) is 7.77. The van der Waals surface area contributed by atoms with Crippen LogP contribution in [0.25, 0.3) is 0 Å². The first-order valence-corrected chi connectivity index (χ1v) is 6.15. The van der Waals surface area contributed by atoms with Crippen molar-refractivity contribution in [1.82, 2.24) is 5.32 Å². The molecule has 0 aromatic heterocycles. The van der Waals surface area contributed by atoms with Crippen molar-refractivity contribution >= 4 is 17.7 Å². The number of amides is 1. The molecule has 3 nitrogen and oxygen atoms in total. The van der Waals surface area contributed by atoms with Crippen LogP contribution in [0.4, 0.5) is 0 Å². The fraction of sp³-hybridized carbons (Fsp3) is 0.333. The third-order valence-corrected chi connectivity index (χ3v) is 3.01. The molecular weight excluding hydrogens is 220 g/mol. The summed E-state index contributed by atoms with van der Waals surface area (Å²) in [6.07, 6.45) is 0.936. The number of nitrogens with zero attached hydrogens (tertiary/aromatic N) is 1. The maximum absolute atomic E-state index is 11.4. The van der Waals surface area contributed by atoms with E-state index in [0.717, 1.165) is 11.3 Å². The zero-order chi connectivity index (χ0) is 11.8. The van der Waals surface area contributed by atoms with Crippen molar-refractivity contribution in [3.05, 3.63) is 29.8 Å². The molecule has 0 heterocycles. The molecule has 0 aliphatic rings. The molecule has 1 N–H and O–H groups in total. The van der Waals surface area contributed by atoms with Crippen LogP contribution < -0.4 is 5.32 Å². The van der Waals surface area contributed by atoms with Crippen molar-refractivity contribution < 1.29 is 4.79 Å². The highest BCUT2D eigenvalue weighted by atomic mass is 32.2. The van der Waals surface area contributed by atoms with E-state index in [1.165, 1.54) is 11.8 Å². The number of nitrogens with one attached hydrogen (secondary N) is 1. The number of thioether (sulfide) groups is 1. The topological polar surface area (TPSA) is 52.9 Å². The highest BCUT2D eigenvalue weighted by Gasteiger charge is 2.05. The van der Waals surface area contributed by atoms with Crippen LogP contribution in [0, 0.1) is 11.3 Å². The Morgan fingerprint density at radius 1 is 1.50 bits per heavy atom. The van der Waals surface area contributed by atoms with Crippen LogP contribution >= 0.6 is 11.8 Å². The van der Waals surface area contributed by atoms with Gasteiger partial charge in [-0.05, 0) is 18.6 Å². The van der Waals surface area contributed by atoms with E-state index in [9.17, 15) is 4.79 Å². The average molecular weight is 234 g/mol. The van der Waals surface area contributed by atoms with Crippen LogP contribution in [0.5, 0.6) is 0 Å².